The number of likely N-dealkylation sites (tertiary alicyclic amines) is 1. The molecule has 2 saturated heterocycles. The molecule has 0 saturated carbocycles. The molecule has 43 heavy (non-hydrogen) atoms. The number of aromatic amines is 1. The molecule has 0 radical (unpaired) electrons. The molecular weight excluding hydrogens is 576 g/mol. The maximum Gasteiger partial charge on any atom is 0.258 e. The van der Waals surface area contributed by atoms with Crippen molar-refractivity contribution < 1.29 is 26.7 Å². The zero-order chi connectivity index (χ0) is 30.0. The van der Waals surface area contributed by atoms with Gasteiger partial charge in [0, 0.05) is 42.9 Å². The number of carbonyl (C=O) groups is 1. The molecule has 1 aliphatic carbocycles. The lowest BCUT2D eigenvalue weighted by atomic mass is 9.91. The van der Waals surface area contributed by atoms with E-state index in [4.69, 9.17) is 4.74 Å². The predicted octanol–water partition coefficient (Wildman–Crippen LogP) is 4.70. The lowest BCUT2D eigenvalue weighted by Crippen LogP contribution is -2.39. The van der Waals surface area contributed by atoms with E-state index < -0.39 is 26.4 Å². The van der Waals surface area contributed by atoms with Crippen molar-refractivity contribution in [2.45, 2.75) is 54.4 Å². The first-order valence-corrected chi connectivity index (χ1v) is 16.2. The van der Waals surface area contributed by atoms with Crippen LogP contribution in [0.3, 0.4) is 0 Å². The number of allylic oxidation sites excluding steroid dienone is 1. The fourth-order valence-electron chi connectivity index (χ4n) is 6.06. The number of rotatable bonds is 8. The zero-order valence-corrected chi connectivity index (χ0v) is 24.6. The fourth-order valence-corrected chi connectivity index (χ4v) is 7.39. The van der Waals surface area contributed by atoms with Crippen LogP contribution in [-0.4, -0.2) is 68.3 Å². The maximum absolute atomic E-state index is 13.8. The molecule has 3 aliphatic rings. The van der Waals surface area contributed by atoms with Crippen LogP contribution in [0.25, 0.3) is 10.9 Å². The van der Waals surface area contributed by atoms with Crippen LogP contribution in [0, 0.1) is 17.6 Å². The number of fused-ring (bicyclic) bond motifs is 1. The van der Waals surface area contributed by atoms with E-state index in [9.17, 15) is 22.0 Å². The molecule has 6 rings (SSSR count). The van der Waals surface area contributed by atoms with Crippen molar-refractivity contribution in [1.82, 2.24) is 20.4 Å². The first-order chi connectivity index (χ1) is 20.8. The molecule has 3 heterocycles. The highest BCUT2D eigenvalue weighted by Crippen LogP contribution is 2.30. The highest BCUT2D eigenvalue weighted by molar-refractivity contribution is 7.91. The number of H-pyrrole nitrogens is 1. The number of carbonyl (C=O) groups excluding carboxylic acids is 1. The van der Waals surface area contributed by atoms with Crippen molar-refractivity contribution in [1.29, 1.82) is 0 Å². The number of halogens is 2. The standard InChI is InChI=1S/C31H35F2N5O4S/c32-21-15-22(33)17-25(16-21)43(40,41)24-5-7-28-27(18-24)30(37-36-28)35-31(39)26-6-4-20(19-38-10-2-1-3-11-38)14-29(26)34-23-8-12-42-13-9-23/h4-7,15-18,20,23,34H,1-3,8-14,19H2,(H2,35,36,37,39). The number of amides is 1. The summed E-state index contributed by atoms with van der Waals surface area (Å²) in [5, 5.41) is 13.9. The largest absolute Gasteiger partial charge is 0.385 e. The number of hydrogen-bond acceptors (Lipinski definition) is 7. The molecule has 3 aromatic rings. The zero-order valence-electron chi connectivity index (χ0n) is 23.7. The summed E-state index contributed by atoms with van der Waals surface area (Å²) in [4.78, 5) is 15.5. The Hall–Kier alpha value is -3.61. The monoisotopic (exact) mass is 611 g/mol. The van der Waals surface area contributed by atoms with E-state index in [-0.39, 0.29) is 28.6 Å². The van der Waals surface area contributed by atoms with E-state index in [0.717, 1.165) is 50.3 Å². The smallest absolute Gasteiger partial charge is 0.258 e. The van der Waals surface area contributed by atoms with Crippen molar-refractivity contribution in [3.05, 3.63) is 71.5 Å². The number of nitrogens with one attached hydrogen (secondary N) is 3. The van der Waals surface area contributed by atoms with Crippen molar-refractivity contribution in [3.8, 4) is 0 Å². The Labute approximate surface area is 249 Å². The van der Waals surface area contributed by atoms with Gasteiger partial charge in [-0.25, -0.2) is 17.2 Å². The highest BCUT2D eigenvalue weighted by atomic mass is 32.2. The summed E-state index contributed by atoms with van der Waals surface area (Å²) in [6.45, 7) is 4.49. The van der Waals surface area contributed by atoms with Crippen LogP contribution >= 0.6 is 0 Å². The SMILES string of the molecule is O=C(Nc1n[nH]c2ccc(S(=O)(=O)c3cc(F)cc(F)c3)cc12)C1=C(NC2CCOCC2)CC(CN2CCCCC2)C=C1. The van der Waals surface area contributed by atoms with Gasteiger partial charge in [-0.3, -0.25) is 9.89 Å². The van der Waals surface area contributed by atoms with Crippen LogP contribution in [0.5, 0.6) is 0 Å². The average Bonchev–Trinajstić information content (AvgIpc) is 3.39. The van der Waals surface area contributed by atoms with Gasteiger partial charge < -0.3 is 20.3 Å². The molecular formula is C31H35F2N5O4S. The summed E-state index contributed by atoms with van der Waals surface area (Å²) in [5.41, 5.74) is 1.89. The molecule has 228 valence electrons. The molecule has 1 atom stereocenters. The molecule has 1 aromatic heterocycles. The van der Waals surface area contributed by atoms with Crippen LogP contribution in [0.2, 0.25) is 0 Å². The van der Waals surface area contributed by atoms with Crippen LogP contribution in [-0.2, 0) is 19.4 Å². The predicted molar refractivity (Wildman–Crippen MR) is 158 cm³/mol. The van der Waals surface area contributed by atoms with Crippen molar-refractivity contribution in [3.63, 3.8) is 0 Å². The fraction of sp³-hybridized carbons (Fsp3) is 0.419. The van der Waals surface area contributed by atoms with Crippen molar-refractivity contribution in [2.24, 2.45) is 5.92 Å². The average molecular weight is 612 g/mol. The van der Waals surface area contributed by atoms with Crippen LogP contribution < -0.4 is 10.6 Å². The van der Waals surface area contributed by atoms with E-state index >= 15 is 0 Å². The Morgan fingerprint density at radius 1 is 1.02 bits per heavy atom. The minimum absolute atomic E-state index is 0.157. The van der Waals surface area contributed by atoms with Crippen LogP contribution in [0.1, 0.15) is 38.5 Å². The Morgan fingerprint density at radius 3 is 2.51 bits per heavy atom. The molecule has 2 fully saturated rings. The van der Waals surface area contributed by atoms with Crippen LogP contribution in [0.4, 0.5) is 14.6 Å². The number of hydrogen-bond donors (Lipinski definition) is 3. The van der Waals surface area contributed by atoms with Gasteiger partial charge in [0.1, 0.15) is 11.6 Å². The van der Waals surface area contributed by atoms with E-state index in [0.29, 0.717) is 42.2 Å². The molecule has 0 bridgehead atoms. The summed E-state index contributed by atoms with van der Waals surface area (Å²) in [6, 6.07) is 6.54. The molecule has 2 aliphatic heterocycles. The van der Waals surface area contributed by atoms with Gasteiger partial charge in [0.05, 0.1) is 20.9 Å². The third-order valence-corrected chi connectivity index (χ3v) is 10.1. The Bertz CT molecular complexity index is 1650. The Balaban J connectivity index is 1.26. The van der Waals surface area contributed by atoms with Gasteiger partial charge in [-0.2, -0.15) is 5.10 Å². The number of nitrogens with zero attached hydrogens (tertiary/aromatic N) is 2. The summed E-state index contributed by atoms with van der Waals surface area (Å²) < 4.78 is 59.5. The normalized spacial score (nSPS) is 20.5. The molecule has 9 nitrogen and oxygen atoms in total. The second-order valence-corrected chi connectivity index (χ2v) is 13.4. The quantitative estimate of drug-likeness (QED) is 0.338. The van der Waals surface area contributed by atoms with Gasteiger partial charge in [0.2, 0.25) is 9.84 Å². The lowest BCUT2D eigenvalue weighted by Gasteiger charge is -2.33. The minimum atomic E-state index is -4.24. The van der Waals surface area contributed by atoms with E-state index in [1.165, 1.54) is 37.5 Å². The van der Waals surface area contributed by atoms with E-state index in [2.05, 4.69) is 31.8 Å². The Morgan fingerprint density at radius 2 is 1.77 bits per heavy atom. The first kappa shape index (κ1) is 29.5. The van der Waals surface area contributed by atoms with Gasteiger partial charge in [-0.05, 0) is 81.4 Å². The van der Waals surface area contributed by atoms with E-state index in [1.807, 2.05) is 6.08 Å². The number of ether oxygens (including phenoxy) is 1. The summed E-state index contributed by atoms with van der Waals surface area (Å²) >= 11 is 0. The molecule has 0 spiro atoms. The second-order valence-electron chi connectivity index (χ2n) is 11.5. The number of aromatic nitrogens is 2. The number of benzene rings is 2. The van der Waals surface area contributed by atoms with Gasteiger partial charge in [-0.15, -0.1) is 0 Å². The highest BCUT2D eigenvalue weighted by Gasteiger charge is 2.27. The summed E-state index contributed by atoms with van der Waals surface area (Å²) in [6.07, 6.45) is 10.1. The molecule has 2 aromatic carbocycles. The third-order valence-electron chi connectivity index (χ3n) is 8.34. The summed E-state index contributed by atoms with van der Waals surface area (Å²) in [7, 11) is -4.24. The van der Waals surface area contributed by atoms with Gasteiger partial charge in [-0.1, -0.05) is 18.6 Å². The summed E-state index contributed by atoms with van der Waals surface area (Å²) in [5.74, 6) is -1.91. The Kier molecular flexibility index (Phi) is 8.60. The van der Waals surface area contributed by atoms with E-state index in [1.54, 1.807) is 0 Å². The third kappa shape index (κ3) is 6.66. The first-order valence-electron chi connectivity index (χ1n) is 14.7. The number of anilines is 1. The lowest BCUT2D eigenvalue weighted by molar-refractivity contribution is -0.112. The topological polar surface area (TPSA) is 116 Å². The number of sulfone groups is 1. The van der Waals surface area contributed by atoms with Crippen LogP contribution in [0.15, 0.2) is 69.6 Å². The van der Waals surface area contributed by atoms with Crippen molar-refractivity contribution in [2.75, 3.05) is 38.2 Å². The van der Waals surface area contributed by atoms with Crippen molar-refractivity contribution >= 4 is 32.5 Å². The second kappa shape index (κ2) is 12.6. The maximum atomic E-state index is 13.8. The molecule has 3 N–H and O–H groups in total. The number of piperidine rings is 1. The molecule has 12 heteroatoms. The van der Waals surface area contributed by atoms with Gasteiger partial charge >= 0.3 is 0 Å². The molecule has 1 unspecified atom stereocenters. The minimum Gasteiger partial charge on any atom is -0.385 e. The molecule has 1 amide bonds. The van der Waals surface area contributed by atoms with Gasteiger partial charge in [0.25, 0.3) is 5.91 Å². The van der Waals surface area contributed by atoms with Gasteiger partial charge in [0.15, 0.2) is 5.82 Å².